The highest BCUT2D eigenvalue weighted by Gasteiger charge is 2.64. The minimum absolute atomic E-state index is 0.0606. The van der Waals surface area contributed by atoms with E-state index < -0.39 is 59.5 Å². The first kappa shape index (κ1) is 25.5. The Balaban J connectivity index is 0.000000323. The topological polar surface area (TPSA) is 203 Å². The minimum Gasteiger partial charge on any atom is -0.508 e. The van der Waals surface area contributed by atoms with Gasteiger partial charge in [-0.15, -0.1) is 11.8 Å². The monoisotopic (exact) mass is 503 g/mol. The fourth-order valence-corrected chi connectivity index (χ4v) is 6.27. The van der Waals surface area contributed by atoms with Crippen molar-refractivity contribution in [2.45, 2.75) is 61.0 Å². The number of carboxylic acids is 1. The van der Waals surface area contributed by atoms with Gasteiger partial charge in [0.2, 0.25) is 11.8 Å². The molecule has 0 aliphatic carbocycles. The lowest BCUT2D eigenvalue weighted by Crippen LogP contribution is -2.71. The van der Waals surface area contributed by atoms with Gasteiger partial charge in [0.15, 0.2) is 5.85 Å². The van der Waals surface area contributed by atoms with Crippen LogP contribution in [0.1, 0.15) is 32.4 Å². The number of β-lactam (4-membered cyclic amide) rings is 1. The van der Waals surface area contributed by atoms with Crippen LogP contribution >= 0.6 is 19.4 Å². The molecule has 7 N–H and O–H groups in total. The number of amides is 2. The maximum atomic E-state index is 12.3. The second-order valence-corrected chi connectivity index (χ2v) is 11.9. The van der Waals surface area contributed by atoms with Gasteiger partial charge in [0.05, 0.1) is 6.10 Å². The Morgan fingerprint density at radius 1 is 1.27 bits per heavy atom. The number of nitrogens with one attached hydrogen (secondary N) is 1. The van der Waals surface area contributed by atoms with Crippen molar-refractivity contribution in [1.29, 1.82) is 0 Å². The van der Waals surface area contributed by atoms with Crippen molar-refractivity contribution in [2.24, 2.45) is 5.73 Å². The number of carbonyl (C=O) groups is 3. The molecule has 1 aromatic carbocycles. The standard InChI is InChI=1S/C16H19N3O5S.C3H7O4P/c1-16(2)11(15(23)24)19-13(22)10(14(19)25-16)18-12(21)9(17)7-3-5-8(20)6-4-7;1-2-3(7-2)8(4,5)6/h3-6,9-11,14,20H,17H2,1-2H3,(H,18,21)(H,23,24);2-3H,1H3,(H2,4,5,6)/t9-,10+,11-,14+;2-,3+/m00/s1. The van der Waals surface area contributed by atoms with E-state index in [0.29, 0.717) is 5.56 Å². The Morgan fingerprint density at radius 3 is 2.24 bits per heavy atom. The van der Waals surface area contributed by atoms with E-state index in [1.54, 1.807) is 20.8 Å². The molecule has 0 radical (unpaired) electrons. The predicted octanol–water partition coefficient (Wildman–Crippen LogP) is -0.0674. The molecular formula is C19H26N3O9PS. The highest BCUT2D eigenvalue weighted by molar-refractivity contribution is 8.01. The molecule has 0 spiro atoms. The average molecular weight is 503 g/mol. The number of hydrogen-bond acceptors (Lipinski definition) is 8. The van der Waals surface area contributed by atoms with E-state index in [-0.39, 0.29) is 11.9 Å². The Labute approximate surface area is 193 Å². The molecule has 0 unspecified atom stereocenters. The lowest BCUT2D eigenvalue weighted by Gasteiger charge is -2.43. The van der Waals surface area contributed by atoms with Crippen LogP contribution in [0.5, 0.6) is 5.75 Å². The van der Waals surface area contributed by atoms with Crippen LogP contribution in [0.2, 0.25) is 0 Å². The molecule has 0 saturated carbocycles. The van der Waals surface area contributed by atoms with Gasteiger partial charge in [0, 0.05) is 4.75 Å². The van der Waals surface area contributed by atoms with Crippen LogP contribution in [0, 0.1) is 0 Å². The first-order valence-electron chi connectivity index (χ1n) is 9.93. The fourth-order valence-electron chi connectivity index (χ4n) is 3.75. The van der Waals surface area contributed by atoms with E-state index in [1.165, 1.54) is 40.9 Å². The summed E-state index contributed by atoms with van der Waals surface area (Å²) in [5, 5.41) is 20.9. The van der Waals surface area contributed by atoms with Gasteiger partial charge in [0.25, 0.3) is 0 Å². The molecule has 0 aromatic heterocycles. The number of nitrogens with zero attached hydrogens (tertiary/aromatic N) is 1. The Bertz CT molecular complexity index is 999. The molecule has 0 bridgehead atoms. The van der Waals surface area contributed by atoms with Gasteiger partial charge in [-0.05, 0) is 38.5 Å². The lowest BCUT2D eigenvalue weighted by molar-refractivity contribution is -0.161. The summed E-state index contributed by atoms with van der Waals surface area (Å²) < 4.78 is 14.0. The first-order chi connectivity index (χ1) is 15.1. The molecule has 4 rings (SSSR count). The number of hydrogen-bond donors (Lipinski definition) is 6. The fraction of sp³-hybridized carbons (Fsp3) is 0.526. The number of carbonyl (C=O) groups excluding carboxylic acids is 2. The summed E-state index contributed by atoms with van der Waals surface area (Å²) in [6, 6.07) is 3.21. The largest absolute Gasteiger partial charge is 0.508 e. The molecule has 3 saturated heterocycles. The first-order valence-corrected chi connectivity index (χ1v) is 12.5. The number of benzene rings is 1. The predicted molar refractivity (Wildman–Crippen MR) is 117 cm³/mol. The highest BCUT2D eigenvalue weighted by atomic mass is 32.2. The number of carboxylic acid groups (broad SMARTS) is 1. The number of ether oxygens (including phenoxy) is 1. The molecule has 33 heavy (non-hydrogen) atoms. The summed E-state index contributed by atoms with van der Waals surface area (Å²) in [6.45, 7) is 5.16. The quantitative estimate of drug-likeness (QED) is 0.178. The van der Waals surface area contributed by atoms with Crippen molar-refractivity contribution in [3.05, 3.63) is 29.8 Å². The Hall–Kier alpha value is -2.15. The van der Waals surface area contributed by atoms with Gasteiger partial charge in [-0.1, -0.05) is 12.1 Å². The number of phenolic OH excluding ortho intramolecular Hbond substituents is 1. The zero-order valence-electron chi connectivity index (χ0n) is 18.0. The number of thioether (sulfide) groups is 1. The van der Waals surface area contributed by atoms with Crippen LogP contribution in [-0.2, 0) is 23.7 Å². The van der Waals surface area contributed by atoms with E-state index in [1.807, 2.05) is 0 Å². The van der Waals surface area contributed by atoms with Crippen molar-refractivity contribution in [2.75, 3.05) is 0 Å². The number of epoxide rings is 1. The maximum absolute atomic E-state index is 12.3. The van der Waals surface area contributed by atoms with Crippen LogP contribution in [0.4, 0.5) is 0 Å². The molecule has 14 heteroatoms. The number of aliphatic carboxylic acids is 1. The number of rotatable bonds is 5. The summed E-state index contributed by atoms with van der Waals surface area (Å²) in [6.07, 6.45) is -0.254. The molecule has 1 aromatic rings. The number of fused-ring (bicyclic) bond motifs is 1. The molecular weight excluding hydrogens is 477 g/mol. The summed E-state index contributed by atoms with van der Waals surface area (Å²) >= 11 is 1.35. The second-order valence-electron chi connectivity index (χ2n) is 8.47. The van der Waals surface area contributed by atoms with E-state index in [0.717, 1.165) is 0 Å². The van der Waals surface area contributed by atoms with Gasteiger partial charge in [-0.3, -0.25) is 14.2 Å². The van der Waals surface area contributed by atoms with Crippen LogP contribution in [0.25, 0.3) is 0 Å². The van der Waals surface area contributed by atoms with Gasteiger partial charge in [-0.25, -0.2) is 4.79 Å². The lowest BCUT2D eigenvalue weighted by atomic mass is 9.95. The van der Waals surface area contributed by atoms with Gasteiger partial charge in [0.1, 0.15) is 29.2 Å². The van der Waals surface area contributed by atoms with E-state index in [9.17, 15) is 29.2 Å². The van der Waals surface area contributed by atoms with Crippen molar-refractivity contribution in [3.63, 3.8) is 0 Å². The van der Waals surface area contributed by atoms with E-state index >= 15 is 0 Å². The average Bonchev–Trinajstić information content (AvgIpc) is 3.40. The van der Waals surface area contributed by atoms with E-state index in [4.69, 9.17) is 15.5 Å². The molecule has 6 atom stereocenters. The SMILES string of the molecule is CC1(C)S[C@@H]2[C@H](NC(=O)[C@@H](N)c3ccc(O)cc3)C(=O)N2[C@H]1C(=O)O.C[C@@H]1O[C@@H]1P(=O)(O)O. The minimum atomic E-state index is -3.90. The summed E-state index contributed by atoms with van der Waals surface area (Å²) in [7, 11) is -3.90. The maximum Gasteiger partial charge on any atom is 0.356 e. The van der Waals surface area contributed by atoms with Gasteiger partial charge in [-0.2, -0.15) is 0 Å². The third-order valence-electron chi connectivity index (χ3n) is 5.52. The molecule has 2 amide bonds. The van der Waals surface area contributed by atoms with Crippen molar-refractivity contribution >= 4 is 37.1 Å². The summed E-state index contributed by atoms with van der Waals surface area (Å²) in [5.41, 5.74) is 6.41. The second kappa shape index (κ2) is 8.90. The van der Waals surface area contributed by atoms with Gasteiger partial charge >= 0.3 is 13.6 Å². The molecule has 182 valence electrons. The summed E-state index contributed by atoms with van der Waals surface area (Å²) in [5.74, 6) is -2.76. The number of phenols is 1. The van der Waals surface area contributed by atoms with Crippen LogP contribution in [-0.4, -0.2) is 76.8 Å². The highest BCUT2D eigenvalue weighted by Crippen LogP contribution is 2.52. The molecule has 3 fully saturated rings. The smallest absolute Gasteiger partial charge is 0.356 e. The zero-order valence-corrected chi connectivity index (χ0v) is 19.7. The van der Waals surface area contributed by atoms with Crippen LogP contribution in [0.15, 0.2) is 24.3 Å². The molecule has 12 nitrogen and oxygen atoms in total. The van der Waals surface area contributed by atoms with Crippen LogP contribution in [0.3, 0.4) is 0 Å². The molecule has 3 aliphatic rings. The normalized spacial score (nSPS) is 30.3. The van der Waals surface area contributed by atoms with Crippen molar-refractivity contribution in [3.8, 4) is 5.75 Å². The third-order valence-corrected chi connectivity index (χ3v) is 8.29. The Morgan fingerprint density at radius 2 is 1.82 bits per heavy atom. The van der Waals surface area contributed by atoms with Crippen molar-refractivity contribution < 1.29 is 43.7 Å². The van der Waals surface area contributed by atoms with Crippen molar-refractivity contribution in [1.82, 2.24) is 10.2 Å². The number of aromatic hydroxyl groups is 1. The molecule has 3 heterocycles. The van der Waals surface area contributed by atoms with Gasteiger partial charge < -0.3 is 40.7 Å². The molecule has 3 aliphatic heterocycles. The summed E-state index contributed by atoms with van der Waals surface area (Å²) in [4.78, 5) is 54.1. The zero-order chi connectivity index (χ0) is 24.9. The van der Waals surface area contributed by atoms with E-state index in [2.05, 4.69) is 10.1 Å². The Kier molecular flexibility index (Phi) is 6.87. The van der Waals surface area contributed by atoms with Crippen LogP contribution < -0.4 is 11.1 Å². The number of nitrogens with two attached hydrogens (primary N) is 1. The third kappa shape index (κ3) is 5.18.